The predicted octanol–water partition coefficient (Wildman–Crippen LogP) is 3.93. The normalized spacial score (nSPS) is 10.6. The molecule has 33 heavy (non-hydrogen) atoms. The fourth-order valence-corrected chi connectivity index (χ4v) is 3.36. The van der Waals surface area contributed by atoms with E-state index in [0.29, 0.717) is 41.2 Å². The first-order valence-electron chi connectivity index (χ1n) is 10.5. The number of aromatic hydroxyl groups is 1. The zero-order chi connectivity index (χ0) is 23.2. The van der Waals surface area contributed by atoms with Crippen molar-refractivity contribution in [3.05, 3.63) is 100 Å². The van der Waals surface area contributed by atoms with Crippen LogP contribution in [0, 0.1) is 6.92 Å². The van der Waals surface area contributed by atoms with Crippen molar-refractivity contribution in [2.24, 2.45) is 0 Å². The number of ether oxygens (including phenoxy) is 1. The van der Waals surface area contributed by atoms with Crippen molar-refractivity contribution in [1.82, 2.24) is 15.3 Å². The van der Waals surface area contributed by atoms with Crippen LogP contribution in [0.1, 0.15) is 15.9 Å². The van der Waals surface area contributed by atoms with Gasteiger partial charge in [0.25, 0.3) is 5.91 Å². The lowest BCUT2D eigenvalue weighted by Crippen LogP contribution is -2.28. The van der Waals surface area contributed by atoms with Gasteiger partial charge in [0, 0.05) is 11.1 Å². The fourth-order valence-electron chi connectivity index (χ4n) is 3.36. The number of aromatic nitrogens is 2. The van der Waals surface area contributed by atoms with Crippen LogP contribution in [0.4, 0.5) is 0 Å². The molecule has 0 fully saturated rings. The number of carbonyl (C=O) groups is 1. The number of phenolic OH excluding ortho intramolecular Hbond substituents is 1. The first-order valence-corrected chi connectivity index (χ1v) is 10.5. The zero-order valence-electron chi connectivity index (χ0n) is 18.0. The van der Waals surface area contributed by atoms with Gasteiger partial charge in [0.1, 0.15) is 18.1 Å². The number of para-hydroxylation sites is 1. The van der Waals surface area contributed by atoms with E-state index in [9.17, 15) is 14.7 Å². The molecule has 0 bridgehead atoms. The Hall–Kier alpha value is -4.39. The molecule has 1 amide bonds. The zero-order valence-corrected chi connectivity index (χ0v) is 18.0. The summed E-state index contributed by atoms with van der Waals surface area (Å²) in [6.07, 6.45) is 0. The summed E-state index contributed by atoms with van der Waals surface area (Å²) in [4.78, 5) is 31.6. The molecule has 1 aromatic heterocycles. The van der Waals surface area contributed by atoms with Gasteiger partial charge in [-0.2, -0.15) is 4.98 Å². The molecule has 0 unspecified atom stereocenters. The molecule has 0 radical (unpaired) electrons. The fraction of sp³-hybridized carbons (Fsp3) is 0.115. The molecule has 3 aromatic carbocycles. The lowest BCUT2D eigenvalue weighted by molar-refractivity contribution is 0.0947. The molecule has 0 saturated carbocycles. The van der Waals surface area contributed by atoms with Gasteiger partial charge in [-0.3, -0.25) is 4.79 Å². The van der Waals surface area contributed by atoms with Crippen molar-refractivity contribution in [2.75, 3.05) is 13.2 Å². The van der Waals surface area contributed by atoms with Crippen LogP contribution in [0.3, 0.4) is 0 Å². The highest BCUT2D eigenvalue weighted by molar-refractivity contribution is 5.95. The first kappa shape index (κ1) is 21.8. The quantitative estimate of drug-likeness (QED) is 0.377. The summed E-state index contributed by atoms with van der Waals surface area (Å²) in [6, 6.07) is 23.2. The van der Waals surface area contributed by atoms with E-state index in [1.165, 1.54) is 0 Å². The highest BCUT2D eigenvalue weighted by atomic mass is 16.5. The van der Waals surface area contributed by atoms with Gasteiger partial charge in [0.15, 0.2) is 0 Å². The number of nitrogens with zero attached hydrogens (tertiary/aromatic N) is 1. The van der Waals surface area contributed by atoms with Crippen molar-refractivity contribution < 1.29 is 14.6 Å². The van der Waals surface area contributed by atoms with Crippen LogP contribution < -0.4 is 15.7 Å². The van der Waals surface area contributed by atoms with Crippen LogP contribution in [0.5, 0.6) is 11.5 Å². The minimum Gasteiger partial charge on any atom is -0.508 e. The van der Waals surface area contributed by atoms with Gasteiger partial charge < -0.3 is 20.1 Å². The number of nitrogens with one attached hydrogen (secondary N) is 2. The average molecular weight is 441 g/mol. The summed E-state index contributed by atoms with van der Waals surface area (Å²) in [7, 11) is 0. The Morgan fingerprint density at radius 1 is 1.00 bits per heavy atom. The summed E-state index contributed by atoms with van der Waals surface area (Å²) in [5, 5.41) is 12.6. The van der Waals surface area contributed by atoms with E-state index in [1.54, 1.807) is 55.5 Å². The number of aryl methyl sites for hydroxylation is 1. The number of rotatable bonds is 7. The van der Waals surface area contributed by atoms with Gasteiger partial charge in [-0.25, -0.2) is 4.79 Å². The van der Waals surface area contributed by atoms with Crippen LogP contribution in [0.15, 0.2) is 83.7 Å². The standard InChI is InChI=1S/C26H23N3O4/c1-17-14-19(10-11-24(17)30)23-16-22(28-26(32)29-23)18-6-5-7-20(15-18)25(31)27-12-13-33-21-8-3-2-4-9-21/h2-11,14-16,30H,12-13H2,1H3,(H,27,31)(H,28,29,32). The summed E-state index contributed by atoms with van der Waals surface area (Å²) in [5.74, 6) is 0.685. The van der Waals surface area contributed by atoms with Gasteiger partial charge in [-0.05, 0) is 66.6 Å². The average Bonchev–Trinajstić information content (AvgIpc) is 2.84. The van der Waals surface area contributed by atoms with Gasteiger partial charge in [-0.15, -0.1) is 0 Å². The number of carbonyl (C=O) groups excluding carboxylic acids is 1. The molecule has 4 aromatic rings. The van der Waals surface area contributed by atoms with Crippen LogP contribution >= 0.6 is 0 Å². The van der Waals surface area contributed by atoms with E-state index in [2.05, 4.69) is 15.3 Å². The summed E-state index contributed by atoms with van der Waals surface area (Å²) in [6.45, 7) is 2.48. The maximum atomic E-state index is 12.6. The number of phenols is 1. The van der Waals surface area contributed by atoms with Crippen molar-refractivity contribution in [3.63, 3.8) is 0 Å². The second-order valence-corrected chi connectivity index (χ2v) is 7.48. The van der Waals surface area contributed by atoms with Gasteiger partial charge in [-0.1, -0.05) is 30.3 Å². The minimum atomic E-state index is -0.499. The van der Waals surface area contributed by atoms with Gasteiger partial charge in [0.05, 0.1) is 17.9 Å². The molecular formula is C26H23N3O4. The molecule has 0 aliphatic carbocycles. The highest BCUT2D eigenvalue weighted by Gasteiger charge is 2.11. The summed E-state index contributed by atoms with van der Waals surface area (Å²) in [5.41, 5.74) is 3.06. The monoisotopic (exact) mass is 441 g/mol. The first-order chi connectivity index (χ1) is 16.0. The lowest BCUT2D eigenvalue weighted by Gasteiger charge is -2.09. The smallest absolute Gasteiger partial charge is 0.345 e. The van der Waals surface area contributed by atoms with Gasteiger partial charge >= 0.3 is 5.69 Å². The van der Waals surface area contributed by atoms with Crippen LogP contribution in [-0.4, -0.2) is 34.1 Å². The van der Waals surface area contributed by atoms with E-state index in [1.807, 2.05) is 30.3 Å². The molecule has 3 N–H and O–H groups in total. The predicted molar refractivity (Wildman–Crippen MR) is 126 cm³/mol. The van der Waals surface area contributed by atoms with E-state index < -0.39 is 5.69 Å². The molecule has 0 saturated heterocycles. The molecule has 0 aliphatic heterocycles. The molecule has 166 valence electrons. The maximum absolute atomic E-state index is 12.6. The Morgan fingerprint density at radius 2 is 1.82 bits per heavy atom. The maximum Gasteiger partial charge on any atom is 0.345 e. The number of benzene rings is 3. The van der Waals surface area contributed by atoms with Gasteiger partial charge in [0.2, 0.25) is 0 Å². The Balaban J connectivity index is 1.49. The van der Waals surface area contributed by atoms with Crippen molar-refractivity contribution in [3.8, 4) is 34.0 Å². The van der Waals surface area contributed by atoms with E-state index in [-0.39, 0.29) is 11.7 Å². The van der Waals surface area contributed by atoms with E-state index in [4.69, 9.17) is 4.74 Å². The highest BCUT2D eigenvalue weighted by Crippen LogP contribution is 2.26. The number of hydrogen-bond acceptors (Lipinski definition) is 5. The lowest BCUT2D eigenvalue weighted by atomic mass is 10.0. The largest absolute Gasteiger partial charge is 0.508 e. The second-order valence-electron chi connectivity index (χ2n) is 7.48. The van der Waals surface area contributed by atoms with Crippen LogP contribution in [0.2, 0.25) is 0 Å². The Kier molecular flexibility index (Phi) is 6.50. The number of amides is 1. The Bertz CT molecular complexity index is 1330. The molecule has 4 rings (SSSR count). The molecule has 7 heteroatoms. The molecule has 7 nitrogen and oxygen atoms in total. The summed E-state index contributed by atoms with van der Waals surface area (Å²) >= 11 is 0. The van der Waals surface area contributed by atoms with E-state index >= 15 is 0 Å². The number of H-pyrrole nitrogens is 1. The molecule has 0 atom stereocenters. The summed E-state index contributed by atoms with van der Waals surface area (Å²) < 4.78 is 5.59. The minimum absolute atomic E-state index is 0.184. The molecule has 0 spiro atoms. The SMILES string of the molecule is Cc1cc(-c2cc(-c3cccc(C(=O)NCCOc4ccccc4)c3)nc(=O)[nH]2)ccc1O. The second kappa shape index (κ2) is 9.82. The van der Waals surface area contributed by atoms with E-state index in [0.717, 1.165) is 11.3 Å². The van der Waals surface area contributed by atoms with Crippen molar-refractivity contribution >= 4 is 5.91 Å². The molecule has 0 aliphatic rings. The molecule has 1 heterocycles. The third-order valence-electron chi connectivity index (χ3n) is 5.07. The third-order valence-corrected chi connectivity index (χ3v) is 5.07. The van der Waals surface area contributed by atoms with Crippen molar-refractivity contribution in [2.45, 2.75) is 6.92 Å². The topological polar surface area (TPSA) is 104 Å². The Labute approximate surface area is 190 Å². The van der Waals surface area contributed by atoms with Crippen LogP contribution in [-0.2, 0) is 0 Å². The number of aromatic amines is 1. The van der Waals surface area contributed by atoms with Crippen molar-refractivity contribution in [1.29, 1.82) is 0 Å². The Morgan fingerprint density at radius 3 is 2.61 bits per heavy atom. The number of hydrogen-bond donors (Lipinski definition) is 3. The third kappa shape index (κ3) is 5.46. The van der Waals surface area contributed by atoms with Crippen LogP contribution in [0.25, 0.3) is 22.5 Å². The molecular weight excluding hydrogens is 418 g/mol.